The molecule has 0 unspecified atom stereocenters. The van der Waals surface area contributed by atoms with Crippen molar-refractivity contribution in [2.24, 2.45) is 4.99 Å². The smallest absolute Gasteiger partial charge is 0.416 e. The summed E-state index contributed by atoms with van der Waals surface area (Å²) in [6.45, 7) is 0.0620. The first kappa shape index (κ1) is 26.8. The first-order valence-corrected chi connectivity index (χ1v) is 12.4. The number of likely N-dealkylation sites (tertiary alicyclic amines) is 1. The summed E-state index contributed by atoms with van der Waals surface area (Å²) in [5.41, 5.74) is -2.13. The van der Waals surface area contributed by atoms with Crippen LogP contribution in [0.1, 0.15) is 35.1 Å². The number of carboxylic acid groups (broad SMARTS) is 1. The molecule has 2 aromatic carbocycles. The maximum Gasteiger partial charge on any atom is 0.416 e. The van der Waals surface area contributed by atoms with Crippen LogP contribution in [-0.4, -0.2) is 49.4 Å². The number of amides is 1. The van der Waals surface area contributed by atoms with E-state index >= 15 is 0 Å². The van der Waals surface area contributed by atoms with Crippen molar-refractivity contribution in [2.75, 3.05) is 6.54 Å². The third kappa shape index (κ3) is 5.37. The number of carboxylic acids is 1. The van der Waals surface area contributed by atoms with E-state index in [2.05, 4.69) is 10.1 Å². The number of carbonyl (C=O) groups is 2. The second-order valence-corrected chi connectivity index (χ2v) is 10.00. The summed E-state index contributed by atoms with van der Waals surface area (Å²) in [5, 5.41) is 14.4. The number of hydrogen-bond acceptors (Lipinski definition) is 5. The fraction of sp³-hybridized carbons (Fsp3) is 0.280. The number of hydrogen-bond donors (Lipinski definition) is 1. The number of aliphatic carboxylic acids is 1. The fourth-order valence-corrected chi connectivity index (χ4v) is 5.55. The zero-order valence-electron chi connectivity index (χ0n) is 19.8. The largest absolute Gasteiger partial charge is 0.480 e. The average Bonchev–Trinajstić information content (AvgIpc) is 3.57. The van der Waals surface area contributed by atoms with E-state index in [0.717, 1.165) is 17.8 Å². The van der Waals surface area contributed by atoms with E-state index < -0.39 is 47.9 Å². The molecule has 0 spiro atoms. The van der Waals surface area contributed by atoms with E-state index in [0.29, 0.717) is 47.1 Å². The van der Waals surface area contributed by atoms with Crippen molar-refractivity contribution in [1.82, 2.24) is 14.7 Å². The van der Waals surface area contributed by atoms with Crippen molar-refractivity contribution >= 4 is 45.8 Å². The average molecular weight is 568 g/mol. The summed E-state index contributed by atoms with van der Waals surface area (Å²) in [4.78, 5) is 29.8. The van der Waals surface area contributed by atoms with Gasteiger partial charge in [-0.3, -0.25) is 9.48 Å². The minimum Gasteiger partial charge on any atom is -0.480 e. The van der Waals surface area contributed by atoms with Crippen molar-refractivity contribution in [3.8, 4) is 0 Å². The van der Waals surface area contributed by atoms with E-state index in [4.69, 9.17) is 0 Å². The number of carbonyl (C=O) groups excluding carboxylic acids is 1. The summed E-state index contributed by atoms with van der Waals surface area (Å²) >= 11 is 1.07. The molecular weight excluding hydrogens is 550 g/mol. The predicted octanol–water partition coefficient (Wildman–Crippen LogP) is 5.64. The third-order valence-electron chi connectivity index (χ3n) is 6.42. The highest BCUT2D eigenvalue weighted by molar-refractivity contribution is 8.18. The van der Waals surface area contributed by atoms with Crippen molar-refractivity contribution in [3.63, 3.8) is 0 Å². The summed E-state index contributed by atoms with van der Waals surface area (Å²) in [5.74, 6) is -1.49. The van der Waals surface area contributed by atoms with E-state index in [9.17, 15) is 41.0 Å². The van der Waals surface area contributed by atoms with Crippen LogP contribution in [0.15, 0.2) is 52.5 Å². The first-order chi connectivity index (χ1) is 18.3. The second kappa shape index (κ2) is 9.74. The molecule has 204 valence electrons. The number of fused-ring (bicyclic) bond motifs is 1. The highest BCUT2D eigenvalue weighted by Gasteiger charge is 2.39. The predicted molar refractivity (Wildman–Crippen MR) is 131 cm³/mol. The Morgan fingerprint density at radius 1 is 1.10 bits per heavy atom. The molecule has 1 aromatic heterocycles. The van der Waals surface area contributed by atoms with Gasteiger partial charge in [-0.15, -0.1) is 0 Å². The molecule has 0 radical (unpaired) electrons. The van der Waals surface area contributed by atoms with Gasteiger partial charge in [-0.2, -0.15) is 36.4 Å². The van der Waals surface area contributed by atoms with Gasteiger partial charge in [-0.05, 0) is 66.1 Å². The molecule has 5 rings (SSSR count). The molecule has 0 aliphatic carbocycles. The van der Waals surface area contributed by atoms with Gasteiger partial charge < -0.3 is 10.0 Å². The molecule has 1 saturated heterocycles. The topological polar surface area (TPSA) is 87.8 Å². The number of benzene rings is 2. The Kier molecular flexibility index (Phi) is 6.69. The van der Waals surface area contributed by atoms with Gasteiger partial charge in [0.1, 0.15) is 6.04 Å². The Balaban J connectivity index is 1.38. The summed E-state index contributed by atoms with van der Waals surface area (Å²) in [6.07, 6.45) is -5.81. The fourth-order valence-electron chi connectivity index (χ4n) is 4.56. The van der Waals surface area contributed by atoms with Gasteiger partial charge in [-0.25, -0.2) is 4.79 Å². The Labute approximate surface area is 220 Å². The number of aliphatic imine (C=N–C) groups is 1. The van der Waals surface area contributed by atoms with Gasteiger partial charge in [0.25, 0.3) is 5.91 Å². The number of amidine groups is 1. The van der Waals surface area contributed by atoms with E-state index in [1.807, 2.05) is 0 Å². The molecule has 0 bridgehead atoms. The highest BCUT2D eigenvalue weighted by atomic mass is 32.2. The van der Waals surface area contributed by atoms with Gasteiger partial charge in [0.05, 0.1) is 34.3 Å². The summed E-state index contributed by atoms with van der Waals surface area (Å²) in [6, 6.07) is 5.62. The SMILES string of the molecule is O=C1N=C(N2CCC[C@@H]2C(=O)O)SC1=Cc1ccc2c(cnn2Cc2ccc(C(F)(F)F)cc2C(F)(F)F)c1. The van der Waals surface area contributed by atoms with Gasteiger partial charge in [0.2, 0.25) is 0 Å². The molecule has 1 amide bonds. The van der Waals surface area contributed by atoms with Crippen molar-refractivity contribution in [3.05, 3.63) is 69.8 Å². The third-order valence-corrected chi connectivity index (χ3v) is 7.44. The van der Waals surface area contributed by atoms with Crippen LogP contribution in [0.3, 0.4) is 0 Å². The lowest BCUT2D eigenvalue weighted by Crippen LogP contribution is -2.38. The van der Waals surface area contributed by atoms with Crippen LogP contribution >= 0.6 is 11.8 Å². The molecule has 1 fully saturated rings. The Hall–Kier alpha value is -3.81. The normalized spacial score (nSPS) is 19.4. The van der Waals surface area contributed by atoms with Gasteiger partial charge in [0.15, 0.2) is 5.17 Å². The molecule has 3 aromatic rings. The van der Waals surface area contributed by atoms with Crippen LogP contribution in [0, 0.1) is 0 Å². The zero-order valence-corrected chi connectivity index (χ0v) is 20.6. The zero-order chi connectivity index (χ0) is 28.1. The van der Waals surface area contributed by atoms with Crippen LogP contribution in [0.4, 0.5) is 26.3 Å². The standard InChI is InChI=1S/C25H18F6N4O3S/c26-24(27,28)16-5-4-14(17(10-16)25(29,30)31)12-35-18-6-3-13(8-15(18)11-32-35)9-20-21(36)33-23(39-20)34-7-1-2-19(34)22(37)38/h3-6,8-11,19H,1-2,7,12H2,(H,37,38)/t19-/m1/s1. The molecule has 2 aliphatic rings. The Morgan fingerprint density at radius 3 is 2.56 bits per heavy atom. The van der Waals surface area contributed by atoms with Crippen LogP contribution < -0.4 is 0 Å². The van der Waals surface area contributed by atoms with Crippen molar-refractivity contribution in [2.45, 2.75) is 37.8 Å². The quantitative estimate of drug-likeness (QED) is 0.324. The van der Waals surface area contributed by atoms with Crippen LogP contribution in [0.2, 0.25) is 0 Å². The minimum absolute atomic E-state index is 0.0960. The van der Waals surface area contributed by atoms with E-state index in [-0.39, 0.29) is 16.5 Å². The maximum atomic E-state index is 13.6. The van der Waals surface area contributed by atoms with Crippen molar-refractivity contribution in [1.29, 1.82) is 0 Å². The molecule has 2 aliphatic heterocycles. The molecular formula is C25H18F6N4O3S. The summed E-state index contributed by atoms with van der Waals surface area (Å²) < 4.78 is 80.9. The number of thioether (sulfide) groups is 1. The van der Waals surface area contributed by atoms with Gasteiger partial charge >= 0.3 is 18.3 Å². The number of aromatic nitrogens is 2. The minimum atomic E-state index is -5.00. The molecule has 0 saturated carbocycles. The van der Waals surface area contributed by atoms with Crippen LogP contribution in [0.5, 0.6) is 0 Å². The van der Waals surface area contributed by atoms with Crippen LogP contribution in [-0.2, 0) is 28.5 Å². The molecule has 3 heterocycles. The Bertz CT molecular complexity index is 1540. The number of alkyl halides is 6. The summed E-state index contributed by atoms with van der Waals surface area (Å²) in [7, 11) is 0. The van der Waals surface area contributed by atoms with E-state index in [1.165, 1.54) is 10.9 Å². The molecule has 14 heteroatoms. The molecule has 7 nitrogen and oxygen atoms in total. The van der Waals surface area contributed by atoms with Crippen molar-refractivity contribution < 1.29 is 41.0 Å². The number of rotatable bonds is 4. The van der Waals surface area contributed by atoms with Gasteiger partial charge in [-0.1, -0.05) is 12.1 Å². The lowest BCUT2D eigenvalue weighted by atomic mass is 10.0. The first-order valence-electron chi connectivity index (χ1n) is 11.6. The number of nitrogens with zero attached hydrogens (tertiary/aromatic N) is 4. The monoisotopic (exact) mass is 568 g/mol. The number of halogens is 6. The van der Waals surface area contributed by atoms with E-state index in [1.54, 1.807) is 29.2 Å². The molecule has 39 heavy (non-hydrogen) atoms. The lowest BCUT2D eigenvalue weighted by molar-refractivity contribution is -0.144. The maximum absolute atomic E-state index is 13.6. The van der Waals surface area contributed by atoms with Gasteiger partial charge in [0, 0.05) is 11.9 Å². The molecule has 1 N–H and O–H groups in total. The lowest BCUT2D eigenvalue weighted by Gasteiger charge is -2.21. The molecule has 1 atom stereocenters. The van der Waals surface area contributed by atoms with Crippen LogP contribution in [0.25, 0.3) is 17.0 Å². The second-order valence-electron chi connectivity index (χ2n) is 8.99. The highest BCUT2D eigenvalue weighted by Crippen LogP contribution is 2.38. The Morgan fingerprint density at radius 2 is 1.87 bits per heavy atom.